The first-order valence-corrected chi connectivity index (χ1v) is 8.18. The predicted molar refractivity (Wildman–Crippen MR) is 86.7 cm³/mol. The van der Waals surface area contributed by atoms with Gasteiger partial charge in [-0.15, -0.1) is 0 Å². The summed E-state index contributed by atoms with van der Waals surface area (Å²) in [6.07, 6.45) is 4.91. The van der Waals surface area contributed by atoms with Crippen LogP contribution in [0.1, 0.15) is 38.7 Å². The third kappa shape index (κ3) is 3.96. The third-order valence-electron chi connectivity index (χ3n) is 4.12. The Morgan fingerprint density at radius 1 is 1.37 bits per heavy atom. The van der Waals surface area contributed by atoms with Gasteiger partial charge in [-0.2, -0.15) is 0 Å². The van der Waals surface area contributed by atoms with Crippen molar-refractivity contribution in [3.8, 4) is 0 Å². The summed E-state index contributed by atoms with van der Waals surface area (Å²) in [6, 6.07) is 6.83. The molecule has 1 saturated heterocycles. The molecule has 1 unspecified atom stereocenters. The maximum atomic E-state index is 5.98. The maximum absolute atomic E-state index is 5.98. The highest BCUT2D eigenvalue weighted by molar-refractivity contribution is 9.10. The Bertz CT molecular complexity index is 409. The van der Waals surface area contributed by atoms with Gasteiger partial charge in [-0.25, -0.2) is 0 Å². The largest absolute Gasteiger partial charge is 0.371 e. The minimum atomic E-state index is 0.209. The molecule has 0 amide bonds. The smallest absolute Gasteiger partial charge is 0.0400 e. The lowest BCUT2D eigenvalue weighted by molar-refractivity contribution is 0.394. The summed E-state index contributed by atoms with van der Waals surface area (Å²) in [5.74, 6) is 0.920. The molecule has 2 rings (SSSR count). The average Bonchev–Trinajstić information content (AvgIpc) is 2.38. The molecule has 1 aliphatic rings. The highest BCUT2D eigenvalue weighted by atomic mass is 79.9. The van der Waals surface area contributed by atoms with E-state index in [2.05, 4.69) is 52.9 Å². The zero-order valence-electron chi connectivity index (χ0n) is 12.0. The van der Waals surface area contributed by atoms with Crippen molar-refractivity contribution >= 4 is 21.6 Å². The van der Waals surface area contributed by atoms with Crippen molar-refractivity contribution in [3.63, 3.8) is 0 Å². The lowest BCUT2D eigenvalue weighted by Crippen LogP contribution is -2.34. The van der Waals surface area contributed by atoms with Crippen LogP contribution >= 0.6 is 15.9 Å². The van der Waals surface area contributed by atoms with Crippen molar-refractivity contribution in [3.05, 3.63) is 28.2 Å². The average molecular weight is 325 g/mol. The van der Waals surface area contributed by atoms with Crippen LogP contribution in [0.2, 0.25) is 0 Å². The molecule has 0 spiro atoms. The first kappa shape index (κ1) is 14.9. The van der Waals surface area contributed by atoms with Crippen molar-refractivity contribution in [2.75, 3.05) is 18.0 Å². The Morgan fingerprint density at radius 3 is 2.63 bits per heavy atom. The number of benzene rings is 1. The van der Waals surface area contributed by atoms with E-state index in [-0.39, 0.29) is 6.04 Å². The second-order valence-electron chi connectivity index (χ2n) is 5.79. The van der Waals surface area contributed by atoms with Gasteiger partial charge < -0.3 is 10.6 Å². The molecule has 0 aromatic heterocycles. The molecule has 0 saturated carbocycles. The van der Waals surface area contributed by atoms with Gasteiger partial charge in [0.25, 0.3) is 0 Å². The van der Waals surface area contributed by atoms with E-state index < -0.39 is 0 Å². The molecule has 0 aliphatic carbocycles. The van der Waals surface area contributed by atoms with Gasteiger partial charge in [0.15, 0.2) is 0 Å². The van der Waals surface area contributed by atoms with Crippen LogP contribution in [0.5, 0.6) is 0 Å². The number of anilines is 1. The van der Waals surface area contributed by atoms with Crippen LogP contribution in [-0.2, 0) is 6.42 Å². The summed E-state index contributed by atoms with van der Waals surface area (Å²) < 4.78 is 1.15. The summed E-state index contributed by atoms with van der Waals surface area (Å²) in [6.45, 7) is 6.76. The Kier molecular flexibility index (Phi) is 5.28. The molecule has 1 aliphatic heterocycles. The van der Waals surface area contributed by atoms with Crippen LogP contribution in [0.15, 0.2) is 22.7 Å². The van der Waals surface area contributed by atoms with Crippen molar-refractivity contribution in [1.82, 2.24) is 0 Å². The van der Waals surface area contributed by atoms with Gasteiger partial charge in [0.2, 0.25) is 0 Å². The minimum absolute atomic E-state index is 0.209. The van der Waals surface area contributed by atoms with Crippen molar-refractivity contribution < 1.29 is 0 Å². The van der Waals surface area contributed by atoms with Gasteiger partial charge in [0.1, 0.15) is 0 Å². The van der Waals surface area contributed by atoms with E-state index in [4.69, 9.17) is 5.73 Å². The molecule has 2 nitrogen and oxygen atoms in total. The number of rotatable bonds is 4. The van der Waals surface area contributed by atoms with Gasteiger partial charge in [0.05, 0.1) is 0 Å². The molecule has 2 N–H and O–H groups in total. The normalized spacial score (nSPS) is 18.6. The van der Waals surface area contributed by atoms with E-state index >= 15 is 0 Å². The molecule has 1 aromatic rings. The monoisotopic (exact) mass is 324 g/mol. The molecule has 1 atom stereocenters. The fourth-order valence-corrected chi connectivity index (χ4v) is 3.36. The molecule has 0 bridgehead atoms. The molecular formula is C16H25BrN2. The zero-order valence-corrected chi connectivity index (χ0v) is 13.6. The van der Waals surface area contributed by atoms with Gasteiger partial charge in [-0.3, -0.25) is 0 Å². The number of nitrogens with two attached hydrogens (primary N) is 1. The highest BCUT2D eigenvalue weighted by Crippen LogP contribution is 2.30. The summed E-state index contributed by atoms with van der Waals surface area (Å²) in [5, 5.41) is 0. The number of piperidine rings is 1. The maximum Gasteiger partial charge on any atom is 0.0400 e. The van der Waals surface area contributed by atoms with E-state index in [0.29, 0.717) is 0 Å². The van der Waals surface area contributed by atoms with Crippen LogP contribution in [0, 0.1) is 5.92 Å². The second-order valence-corrected chi connectivity index (χ2v) is 6.71. The first-order chi connectivity index (χ1) is 9.10. The van der Waals surface area contributed by atoms with Crippen molar-refractivity contribution in [2.45, 2.75) is 45.6 Å². The van der Waals surface area contributed by atoms with Crippen LogP contribution in [0.25, 0.3) is 0 Å². The number of halogens is 1. The van der Waals surface area contributed by atoms with E-state index in [1.165, 1.54) is 43.6 Å². The Balaban J connectivity index is 2.15. The summed E-state index contributed by atoms with van der Waals surface area (Å²) >= 11 is 3.57. The van der Waals surface area contributed by atoms with E-state index in [1.807, 2.05) is 0 Å². The zero-order chi connectivity index (χ0) is 13.8. The summed E-state index contributed by atoms with van der Waals surface area (Å²) in [5.41, 5.74) is 8.74. The van der Waals surface area contributed by atoms with E-state index in [1.54, 1.807) is 0 Å². The van der Waals surface area contributed by atoms with E-state index in [9.17, 15) is 0 Å². The lowest BCUT2D eigenvalue weighted by atomic mass is 9.93. The number of nitrogens with zero attached hydrogens (tertiary/aromatic N) is 1. The fraction of sp³-hybridized carbons (Fsp3) is 0.625. The number of hydrogen-bond donors (Lipinski definition) is 1. The molecule has 1 heterocycles. The van der Waals surface area contributed by atoms with Gasteiger partial charge in [-0.05, 0) is 55.9 Å². The van der Waals surface area contributed by atoms with Gasteiger partial charge in [-0.1, -0.05) is 29.3 Å². The summed E-state index contributed by atoms with van der Waals surface area (Å²) in [4.78, 5) is 2.54. The Hall–Kier alpha value is -0.540. The van der Waals surface area contributed by atoms with E-state index in [0.717, 1.165) is 16.8 Å². The SMILES string of the molecule is CCC1CCN(c2ccc(Br)cc2CC(C)N)CC1. The topological polar surface area (TPSA) is 29.3 Å². The van der Waals surface area contributed by atoms with Gasteiger partial charge in [0, 0.05) is 29.3 Å². The molecular weight excluding hydrogens is 300 g/mol. The molecule has 106 valence electrons. The first-order valence-electron chi connectivity index (χ1n) is 7.39. The second kappa shape index (κ2) is 6.76. The quantitative estimate of drug-likeness (QED) is 0.908. The molecule has 0 radical (unpaired) electrons. The standard InChI is InChI=1S/C16H25BrN2/c1-3-13-6-8-19(9-7-13)16-5-4-15(17)11-14(16)10-12(2)18/h4-5,11-13H,3,6-10,18H2,1-2H3. The summed E-state index contributed by atoms with van der Waals surface area (Å²) in [7, 11) is 0. The van der Waals surface area contributed by atoms with Crippen LogP contribution in [0.3, 0.4) is 0 Å². The Morgan fingerprint density at radius 2 is 2.05 bits per heavy atom. The van der Waals surface area contributed by atoms with Gasteiger partial charge >= 0.3 is 0 Å². The molecule has 3 heteroatoms. The van der Waals surface area contributed by atoms with Crippen molar-refractivity contribution in [1.29, 1.82) is 0 Å². The molecule has 1 aromatic carbocycles. The predicted octanol–water partition coefficient (Wildman–Crippen LogP) is 3.97. The van der Waals surface area contributed by atoms with Crippen molar-refractivity contribution in [2.24, 2.45) is 11.7 Å². The lowest BCUT2D eigenvalue weighted by Gasteiger charge is -2.34. The van der Waals surface area contributed by atoms with Crippen LogP contribution < -0.4 is 10.6 Å². The molecule has 1 fully saturated rings. The third-order valence-corrected chi connectivity index (χ3v) is 4.61. The Labute approximate surface area is 125 Å². The molecule has 19 heavy (non-hydrogen) atoms. The fourth-order valence-electron chi connectivity index (χ4n) is 2.96. The highest BCUT2D eigenvalue weighted by Gasteiger charge is 2.20. The van der Waals surface area contributed by atoms with Crippen LogP contribution in [0.4, 0.5) is 5.69 Å². The minimum Gasteiger partial charge on any atom is -0.371 e. The number of hydrogen-bond acceptors (Lipinski definition) is 2. The van der Waals surface area contributed by atoms with Crippen LogP contribution in [-0.4, -0.2) is 19.1 Å².